The van der Waals surface area contributed by atoms with Crippen LogP contribution >= 0.6 is 0 Å². The van der Waals surface area contributed by atoms with E-state index in [1.165, 1.54) is 0 Å². The number of quaternary nitrogens is 1. The molecule has 0 fully saturated rings. The number of hydrogen-bond donors (Lipinski definition) is 2. The first-order valence-electron chi connectivity index (χ1n) is 8.34. The van der Waals surface area contributed by atoms with Crippen molar-refractivity contribution in [1.29, 1.82) is 0 Å². The molecule has 2 N–H and O–H groups in total. The molecule has 152 valence electrons. The van der Waals surface area contributed by atoms with Crippen LogP contribution in [-0.2, 0) is 28.6 Å². The van der Waals surface area contributed by atoms with Gasteiger partial charge in [-0.1, -0.05) is 19.7 Å². The predicted molar refractivity (Wildman–Crippen MR) is 96.3 cm³/mol. The summed E-state index contributed by atoms with van der Waals surface area (Å²) in [5.41, 5.74) is 0. The second kappa shape index (κ2) is 13.7. The van der Waals surface area contributed by atoms with Crippen molar-refractivity contribution in [3.05, 3.63) is 38.0 Å². The van der Waals surface area contributed by atoms with Crippen molar-refractivity contribution in [1.82, 2.24) is 0 Å². The van der Waals surface area contributed by atoms with Crippen LogP contribution in [0.25, 0.3) is 0 Å². The number of nitrogens with zero attached hydrogens (tertiary/aromatic N) is 1. The van der Waals surface area contributed by atoms with Crippen molar-refractivity contribution in [2.75, 3.05) is 52.6 Å². The van der Waals surface area contributed by atoms with E-state index in [0.717, 1.165) is 18.2 Å². The van der Waals surface area contributed by atoms with Gasteiger partial charge in [0.05, 0.1) is 6.61 Å². The highest BCUT2D eigenvalue weighted by Crippen LogP contribution is 2.10. The zero-order valence-corrected chi connectivity index (χ0v) is 15.4. The molecule has 0 aliphatic carbocycles. The third-order valence-corrected chi connectivity index (χ3v) is 3.74. The Morgan fingerprint density at radius 2 is 1.15 bits per heavy atom. The van der Waals surface area contributed by atoms with Gasteiger partial charge in [-0.2, -0.15) is 0 Å². The van der Waals surface area contributed by atoms with Crippen molar-refractivity contribution in [2.45, 2.75) is 6.10 Å². The van der Waals surface area contributed by atoms with E-state index in [1.807, 2.05) is 0 Å². The van der Waals surface area contributed by atoms with E-state index >= 15 is 0 Å². The van der Waals surface area contributed by atoms with E-state index < -0.39 is 30.6 Å². The number of carbonyl (C=O) groups excluding carboxylic acids is 3. The first kappa shape index (κ1) is 24.5. The molecule has 9 heteroatoms. The number of carbonyl (C=O) groups is 3. The highest BCUT2D eigenvalue weighted by Gasteiger charge is 2.31. The third kappa shape index (κ3) is 11.0. The number of aliphatic hydroxyl groups excluding tert-OH is 2. The van der Waals surface area contributed by atoms with Gasteiger partial charge >= 0.3 is 17.9 Å². The average Bonchev–Trinajstić information content (AvgIpc) is 2.67. The summed E-state index contributed by atoms with van der Waals surface area (Å²) < 4.78 is 15.1. The van der Waals surface area contributed by atoms with Crippen molar-refractivity contribution < 1.29 is 43.3 Å². The van der Waals surface area contributed by atoms with Crippen molar-refractivity contribution >= 4 is 17.9 Å². The fourth-order valence-corrected chi connectivity index (χ4v) is 2.31. The Labute approximate surface area is 158 Å². The molecule has 0 aliphatic heterocycles. The van der Waals surface area contributed by atoms with Crippen LogP contribution in [0.15, 0.2) is 38.0 Å². The second-order valence-corrected chi connectivity index (χ2v) is 5.65. The summed E-state index contributed by atoms with van der Waals surface area (Å²) >= 11 is 0. The molecule has 0 spiro atoms. The largest absolute Gasteiger partial charge is 0.457 e. The zero-order valence-electron chi connectivity index (χ0n) is 15.4. The van der Waals surface area contributed by atoms with Gasteiger partial charge in [-0.25, -0.2) is 14.4 Å². The molecule has 0 heterocycles. The average molecular weight is 386 g/mol. The van der Waals surface area contributed by atoms with Crippen LogP contribution in [0.5, 0.6) is 0 Å². The number of aliphatic hydroxyl groups is 2. The molecule has 0 aromatic rings. The summed E-state index contributed by atoms with van der Waals surface area (Å²) in [5, 5.41) is 19.1. The molecule has 1 unspecified atom stereocenters. The molecule has 9 nitrogen and oxygen atoms in total. The molecule has 0 aliphatic rings. The maximum atomic E-state index is 11.3. The first-order chi connectivity index (χ1) is 12.8. The summed E-state index contributed by atoms with van der Waals surface area (Å²) in [6.07, 6.45) is 2.00. The Morgan fingerprint density at radius 3 is 1.41 bits per heavy atom. The summed E-state index contributed by atoms with van der Waals surface area (Å²) in [6.45, 7) is 10.2. The van der Waals surface area contributed by atoms with Crippen molar-refractivity contribution in [3.63, 3.8) is 0 Å². The van der Waals surface area contributed by atoms with Crippen LogP contribution in [-0.4, -0.2) is 91.3 Å². The van der Waals surface area contributed by atoms with Gasteiger partial charge in [0.2, 0.25) is 0 Å². The normalized spacial score (nSPS) is 11.8. The minimum atomic E-state index is -1.06. The number of rotatable bonds is 15. The molecule has 0 aromatic heterocycles. The molecule has 0 radical (unpaired) electrons. The molecular formula is C18H28NO8+. The second-order valence-electron chi connectivity index (χ2n) is 5.65. The third-order valence-electron chi connectivity index (χ3n) is 3.74. The Morgan fingerprint density at radius 1 is 0.815 bits per heavy atom. The van der Waals surface area contributed by atoms with Gasteiger partial charge in [-0.05, 0) is 0 Å². The summed E-state index contributed by atoms with van der Waals surface area (Å²) in [4.78, 5) is 33.8. The fraction of sp³-hybridized carbons (Fsp3) is 0.500. The minimum Gasteiger partial charge on any atom is -0.457 e. The lowest BCUT2D eigenvalue weighted by molar-refractivity contribution is -0.931. The highest BCUT2D eigenvalue weighted by atomic mass is 16.5. The Hall–Kier alpha value is -2.49. The van der Waals surface area contributed by atoms with Crippen LogP contribution in [0.4, 0.5) is 0 Å². The lowest BCUT2D eigenvalue weighted by atomic mass is 10.2. The monoisotopic (exact) mass is 386 g/mol. The Balaban J connectivity index is 5.17. The van der Waals surface area contributed by atoms with Crippen LogP contribution in [0.2, 0.25) is 0 Å². The topological polar surface area (TPSA) is 119 Å². The fourth-order valence-electron chi connectivity index (χ4n) is 2.31. The van der Waals surface area contributed by atoms with E-state index in [1.54, 1.807) is 0 Å². The minimum absolute atomic E-state index is 0.00614. The molecule has 0 rings (SSSR count). The molecule has 0 bridgehead atoms. The quantitative estimate of drug-likeness (QED) is 0.165. The zero-order chi connectivity index (χ0) is 20.7. The van der Waals surface area contributed by atoms with Gasteiger partial charge in [0, 0.05) is 18.2 Å². The molecule has 27 heavy (non-hydrogen) atoms. The van der Waals surface area contributed by atoms with E-state index in [2.05, 4.69) is 19.7 Å². The van der Waals surface area contributed by atoms with E-state index in [0.29, 0.717) is 0 Å². The summed E-state index contributed by atoms with van der Waals surface area (Å²) in [7, 11) is 0. The van der Waals surface area contributed by atoms with Gasteiger partial charge in [0.15, 0.2) is 0 Å². The lowest BCUT2D eigenvalue weighted by Gasteiger charge is -2.39. The smallest absolute Gasteiger partial charge is 0.330 e. The Kier molecular flexibility index (Phi) is 12.4. The molecule has 0 saturated carbocycles. The van der Waals surface area contributed by atoms with Gasteiger partial charge in [-0.3, -0.25) is 0 Å². The van der Waals surface area contributed by atoms with Crippen molar-refractivity contribution in [3.8, 4) is 0 Å². The van der Waals surface area contributed by atoms with Crippen LogP contribution < -0.4 is 0 Å². The van der Waals surface area contributed by atoms with Gasteiger partial charge in [-0.15, -0.1) is 0 Å². The molecule has 0 amide bonds. The lowest BCUT2D eigenvalue weighted by Crippen LogP contribution is -2.57. The van der Waals surface area contributed by atoms with E-state index in [4.69, 9.17) is 14.2 Å². The highest BCUT2D eigenvalue weighted by molar-refractivity contribution is 5.81. The number of esters is 3. The van der Waals surface area contributed by atoms with Crippen LogP contribution in [0, 0.1) is 0 Å². The van der Waals surface area contributed by atoms with Gasteiger partial charge in [0.1, 0.15) is 52.1 Å². The molecule has 0 saturated heterocycles. The predicted octanol–water partition coefficient (Wildman–Crippen LogP) is -0.656. The summed E-state index contributed by atoms with van der Waals surface area (Å²) in [5.74, 6) is -1.81. The van der Waals surface area contributed by atoms with Crippen LogP contribution in [0.1, 0.15) is 0 Å². The van der Waals surface area contributed by atoms with Gasteiger partial charge in [0.25, 0.3) is 0 Å². The van der Waals surface area contributed by atoms with E-state index in [-0.39, 0.29) is 50.5 Å². The maximum absolute atomic E-state index is 11.3. The Bertz CT molecular complexity index is 467. The maximum Gasteiger partial charge on any atom is 0.330 e. The van der Waals surface area contributed by atoms with Crippen molar-refractivity contribution in [2.24, 2.45) is 0 Å². The molecule has 1 atom stereocenters. The molecule has 0 aromatic carbocycles. The first-order valence-corrected chi connectivity index (χ1v) is 8.34. The molecular weight excluding hydrogens is 358 g/mol. The summed E-state index contributed by atoms with van der Waals surface area (Å²) in [6, 6.07) is 0. The van der Waals surface area contributed by atoms with Crippen LogP contribution in [0.3, 0.4) is 0 Å². The number of hydrogen-bond acceptors (Lipinski definition) is 8. The van der Waals surface area contributed by atoms with E-state index in [9.17, 15) is 24.6 Å². The SMILES string of the molecule is C=CC(=O)OCC[N+](CCOC(=O)C=C)(CCOC(=O)C=C)CC(O)CO. The standard InChI is InChI=1S/C18H28NO8/c1-4-16(22)25-10-7-19(13-15(21)14-20,8-11-26-17(23)5-2)9-12-27-18(24)6-3/h4-6,15,20-21H,1-3,7-14H2/q+1. The van der Waals surface area contributed by atoms with Gasteiger partial charge < -0.3 is 28.9 Å². The number of ether oxygens (including phenoxy) is 3.